The van der Waals surface area contributed by atoms with Gasteiger partial charge in [0.05, 0.1) is 0 Å². The molecule has 0 saturated carbocycles. The Labute approximate surface area is 148 Å². The summed E-state index contributed by atoms with van der Waals surface area (Å²) < 4.78 is 12.5. The Hall–Kier alpha value is -0.700. The van der Waals surface area contributed by atoms with Crippen LogP contribution in [0.1, 0.15) is 28.5 Å². The zero-order valence-corrected chi connectivity index (χ0v) is 15.6. The maximum Gasteiger partial charge on any atom is 1.00 e. The summed E-state index contributed by atoms with van der Waals surface area (Å²) in [5.74, 6) is 0. The molecule has 0 bridgehead atoms. The molecule has 2 aromatic rings. The van der Waals surface area contributed by atoms with Gasteiger partial charge in [-0.3, -0.25) is 9.36 Å². The van der Waals surface area contributed by atoms with Crippen LogP contribution >= 0.6 is 7.37 Å². The summed E-state index contributed by atoms with van der Waals surface area (Å²) >= 11 is 0. The molecule has 3 nitrogen and oxygen atoms in total. The summed E-state index contributed by atoms with van der Waals surface area (Å²) in [6.07, 6.45) is 0. The van der Waals surface area contributed by atoms with Gasteiger partial charge in [-0.25, -0.2) is 0 Å². The number of benzene rings is 2. The molecule has 0 aliphatic heterocycles. The van der Waals surface area contributed by atoms with Gasteiger partial charge in [0.1, 0.15) is 0 Å². The van der Waals surface area contributed by atoms with Gasteiger partial charge >= 0.3 is 29.6 Å². The summed E-state index contributed by atoms with van der Waals surface area (Å²) in [4.78, 5) is 22.7. The summed E-state index contributed by atoms with van der Waals surface area (Å²) in [7, 11) is -4.07. The van der Waals surface area contributed by atoms with E-state index < -0.39 is 12.9 Å². The number of hydrogen-bond donors (Lipinski definition) is 1. The van der Waals surface area contributed by atoms with E-state index in [9.17, 15) is 14.3 Å². The van der Waals surface area contributed by atoms with Crippen LogP contribution < -0.4 is 34.9 Å². The summed E-state index contributed by atoms with van der Waals surface area (Å²) in [5.41, 5.74) is 2.16. The van der Waals surface area contributed by atoms with Crippen molar-refractivity contribution < 1.29 is 45.2 Å². The molecule has 1 unspecified atom stereocenters. The van der Waals surface area contributed by atoms with Crippen molar-refractivity contribution in [1.82, 2.24) is 0 Å². The maximum atomic E-state index is 12.5. The molecule has 0 aliphatic carbocycles. The zero-order chi connectivity index (χ0) is 14.9. The molecule has 0 spiro atoms. The van der Waals surface area contributed by atoms with E-state index in [0.717, 1.165) is 16.7 Å². The Balaban J connectivity index is 0.00000220. The molecule has 21 heavy (non-hydrogen) atoms. The predicted molar refractivity (Wildman–Crippen MR) is 82.0 cm³/mol. The molecule has 106 valence electrons. The van der Waals surface area contributed by atoms with Gasteiger partial charge in [0.15, 0.2) is 0 Å². The maximum absolute atomic E-state index is 12.5. The molecular formula is C16H18NaO3P. The molecule has 0 amide bonds. The molecule has 2 aromatic carbocycles. The van der Waals surface area contributed by atoms with Crippen molar-refractivity contribution in [2.45, 2.75) is 20.8 Å². The van der Waals surface area contributed by atoms with Crippen LogP contribution in [0, 0.1) is 20.8 Å². The third-order valence-corrected chi connectivity index (χ3v) is 5.04. The van der Waals surface area contributed by atoms with Crippen molar-refractivity contribution >= 4 is 18.2 Å². The SMILES string of the molecule is Cc1cc(C)c(C(=O)P(=O)(O)c2ccccc2)c(C)c1.[H-].[Na+]. The minimum atomic E-state index is -4.07. The number of hydrogen-bond acceptors (Lipinski definition) is 2. The second-order valence-corrected chi connectivity index (χ2v) is 7.07. The van der Waals surface area contributed by atoms with Crippen molar-refractivity contribution in [3.63, 3.8) is 0 Å². The van der Waals surface area contributed by atoms with Crippen molar-refractivity contribution in [3.8, 4) is 0 Å². The van der Waals surface area contributed by atoms with Gasteiger partial charge in [-0.2, -0.15) is 0 Å². The van der Waals surface area contributed by atoms with Crippen LogP contribution in [0.15, 0.2) is 42.5 Å². The van der Waals surface area contributed by atoms with Gasteiger partial charge in [0.2, 0.25) is 0 Å². The van der Waals surface area contributed by atoms with Gasteiger partial charge in [0, 0.05) is 10.9 Å². The third-order valence-electron chi connectivity index (χ3n) is 3.27. The zero-order valence-electron chi connectivity index (χ0n) is 13.8. The Kier molecular flexibility index (Phi) is 6.15. The fourth-order valence-electron chi connectivity index (χ4n) is 2.42. The van der Waals surface area contributed by atoms with Gasteiger partial charge in [0.25, 0.3) is 12.9 Å². The summed E-state index contributed by atoms with van der Waals surface area (Å²) in [5, 5.41) is 0.171. The molecule has 0 aromatic heterocycles. The van der Waals surface area contributed by atoms with Crippen LogP contribution in [0.4, 0.5) is 0 Å². The number of carbonyl (C=O) groups excluding carboxylic acids is 1. The van der Waals surface area contributed by atoms with Crippen LogP contribution in [-0.2, 0) is 4.57 Å². The van der Waals surface area contributed by atoms with Gasteiger partial charge in [-0.1, -0.05) is 35.9 Å². The fraction of sp³-hybridized carbons (Fsp3) is 0.188. The third kappa shape index (κ3) is 3.74. The molecule has 0 fully saturated rings. The van der Waals surface area contributed by atoms with E-state index in [1.165, 1.54) is 12.1 Å². The van der Waals surface area contributed by atoms with Gasteiger partial charge in [-0.05, 0) is 44.0 Å². The summed E-state index contributed by atoms with van der Waals surface area (Å²) in [6, 6.07) is 11.8. The quantitative estimate of drug-likeness (QED) is 0.662. The second kappa shape index (κ2) is 7.04. The molecule has 1 N–H and O–H groups in total. The molecule has 0 radical (unpaired) electrons. The van der Waals surface area contributed by atoms with E-state index in [1.54, 1.807) is 32.0 Å². The van der Waals surface area contributed by atoms with Crippen LogP contribution in [0.3, 0.4) is 0 Å². The van der Waals surface area contributed by atoms with E-state index in [-0.39, 0.29) is 36.3 Å². The molecule has 2 rings (SSSR count). The van der Waals surface area contributed by atoms with Crippen LogP contribution in [0.5, 0.6) is 0 Å². The van der Waals surface area contributed by atoms with Crippen molar-refractivity contribution in [2.75, 3.05) is 0 Å². The molecular weight excluding hydrogens is 294 g/mol. The largest absolute Gasteiger partial charge is 1.00 e. The van der Waals surface area contributed by atoms with Crippen LogP contribution in [-0.4, -0.2) is 10.4 Å². The van der Waals surface area contributed by atoms with Crippen LogP contribution in [0.2, 0.25) is 0 Å². The van der Waals surface area contributed by atoms with Crippen molar-refractivity contribution in [2.24, 2.45) is 0 Å². The number of rotatable bonds is 3. The molecule has 5 heteroatoms. The normalized spacial score (nSPS) is 13.1. The van der Waals surface area contributed by atoms with E-state index in [1.807, 2.05) is 19.1 Å². The topological polar surface area (TPSA) is 54.4 Å². The van der Waals surface area contributed by atoms with Crippen molar-refractivity contribution in [1.29, 1.82) is 0 Å². The first kappa shape index (κ1) is 18.3. The minimum Gasteiger partial charge on any atom is -1.00 e. The molecule has 0 saturated heterocycles. The Bertz CT molecular complexity index is 694. The van der Waals surface area contributed by atoms with Crippen molar-refractivity contribution in [3.05, 3.63) is 64.7 Å². The predicted octanol–water partition coefficient (Wildman–Crippen LogP) is 0.464. The van der Waals surface area contributed by atoms with Crippen LogP contribution in [0.25, 0.3) is 0 Å². The Morgan fingerprint density at radius 3 is 2.00 bits per heavy atom. The Morgan fingerprint density at radius 1 is 1.05 bits per heavy atom. The Morgan fingerprint density at radius 2 is 1.52 bits per heavy atom. The van der Waals surface area contributed by atoms with E-state index in [0.29, 0.717) is 5.56 Å². The second-order valence-electron chi connectivity index (χ2n) is 4.99. The first-order chi connectivity index (χ1) is 9.34. The number of aryl methyl sites for hydroxylation is 3. The summed E-state index contributed by atoms with van der Waals surface area (Å²) in [6.45, 7) is 5.51. The van der Waals surface area contributed by atoms with Gasteiger partial charge in [-0.15, -0.1) is 0 Å². The smallest absolute Gasteiger partial charge is 1.00 e. The minimum absolute atomic E-state index is 0. The average Bonchev–Trinajstić information content (AvgIpc) is 2.38. The van der Waals surface area contributed by atoms with E-state index in [2.05, 4.69) is 0 Å². The number of carbonyl (C=O) groups is 1. The molecule has 0 heterocycles. The van der Waals surface area contributed by atoms with E-state index in [4.69, 9.17) is 0 Å². The monoisotopic (exact) mass is 312 g/mol. The average molecular weight is 312 g/mol. The molecule has 0 aliphatic rings. The van der Waals surface area contributed by atoms with E-state index >= 15 is 0 Å². The first-order valence-corrected chi connectivity index (χ1v) is 8.01. The molecule has 1 atom stereocenters. The first-order valence-electron chi connectivity index (χ1n) is 6.35. The fourth-order valence-corrected chi connectivity index (χ4v) is 3.88. The standard InChI is InChI=1S/C16H17O3P.Na.H/c1-11-9-12(2)15(13(3)10-11)16(17)20(18,19)14-7-5-4-6-8-14;;/h4-10H,1-3H3,(H,18,19);;/q;+1;-1. The van der Waals surface area contributed by atoms with Gasteiger partial charge < -0.3 is 6.32 Å².